The zero-order chi connectivity index (χ0) is 24.0. The number of carbonyl (C=O) groups excluding carboxylic acids is 1. The second-order valence-corrected chi connectivity index (χ2v) is 7.97. The van der Waals surface area contributed by atoms with E-state index in [0.29, 0.717) is 23.4 Å². The summed E-state index contributed by atoms with van der Waals surface area (Å²) in [6.45, 7) is 0.611. The monoisotopic (exact) mass is 462 g/mol. The van der Waals surface area contributed by atoms with E-state index < -0.39 is 5.91 Å². The molecule has 5 rings (SSSR count). The molecule has 2 N–H and O–H groups in total. The van der Waals surface area contributed by atoms with Crippen molar-refractivity contribution in [1.29, 1.82) is 0 Å². The van der Waals surface area contributed by atoms with Crippen molar-refractivity contribution in [3.8, 4) is 17.0 Å². The smallest absolute Gasteiger partial charge is 0.287 e. The fourth-order valence-electron chi connectivity index (χ4n) is 3.68. The first-order chi connectivity index (χ1) is 17.2. The van der Waals surface area contributed by atoms with Crippen LogP contribution in [0.2, 0.25) is 0 Å². The summed E-state index contributed by atoms with van der Waals surface area (Å²) < 4.78 is 5.85. The van der Waals surface area contributed by atoms with Crippen molar-refractivity contribution in [3.05, 3.63) is 124 Å². The first-order valence-corrected chi connectivity index (χ1v) is 11.1. The van der Waals surface area contributed by atoms with E-state index >= 15 is 0 Å². The molecule has 3 aromatic carbocycles. The topological polar surface area (TPSA) is 97.0 Å². The number of amides is 1. The summed E-state index contributed by atoms with van der Waals surface area (Å²) in [5.74, 6) is -0.0371. The fraction of sp³-hybridized carbons (Fsp3) is 0.0714. The number of aromatic nitrogens is 3. The zero-order valence-electron chi connectivity index (χ0n) is 18.8. The van der Waals surface area contributed by atoms with Gasteiger partial charge in [0.2, 0.25) is 5.88 Å². The van der Waals surface area contributed by atoms with Gasteiger partial charge in [0, 0.05) is 18.8 Å². The maximum absolute atomic E-state index is 12.5. The number of nitrogens with zero attached hydrogens (tertiary/aromatic N) is 2. The van der Waals surface area contributed by atoms with Crippen LogP contribution in [0, 0.1) is 0 Å². The summed E-state index contributed by atoms with van der Waals surface area (Å²) in [5, 5.41) is 3.21. The molecule has 5 aromatic rings. The van der Waals surface area contributed by atoms with Crippen molar-refractivity contribution in [1.82, 2.24) is 20.3 Å². The molecule has 0 saturated heterocycles. The van der Waals surface area contributed by atoms with Crippen LogP contribution in [0.25, 0.3) is 22.0 Å². The Bertz CT molecular complexity index is 1530. The van der Waals surface area contributed by atoms with Crippen LogP contribution in [-0.2, 0) is 13.2 Å². The van der Waals surface area contributed by atoms with Crippen LogP contribution in [0.5, 0.6) is 5.88 Å². The zero-order valence-corrected chi connectivity index (χ0v) is 18.8. The van der Waals surface area contributed by atoms with Crippen molar-refractivity contribution in [2.75, 3.05) is 0 Å². The van der Waals surface area contributed by atoms with Crippen LogP contribution in [0.1, 0.15) is 21.7 Å². The molecule has 0 bridgehead atoms. The lowest BCUT2D eigenvalue weighted by Crippen LogP contribution is -2.27. The number of hydrogen-bond acceptors (Lipinski definition) is 5. The third kappa shape index (κ3) is 5.25. The Kier molecular flexibility index (Phi) is 6.30. The predicted octanol–water partition coefficient (Wildman–Crippen LogP) is 4.49. The van der Waals surface area contributed by atoms with Crippen LogP contribution in [0.15, 0.2) is 102 Å². The Morgan fingerprint density at radius 3 is 2.43 bits per heavy atom. The summed E-state index contributed by atoms with van der Waals surface area (Å²) >= 11 is 0. The van der Waals surface area contributed by atoms with Crippen molar-refractivity contribution in [3.63, 3.8) is 0 Å². The molecular formula is C28H22N4O3. The number of aromatic amines is 1. The van der Waals surface area contributed by atoms with Gasteiger partial charge in [0.25, 0.3) is 11.5 Å². The summed E-state index contributed by atoms with van der Waals surface area (Å²) in [7, 11) is 0. The summed E-state index contributed by atoms with van der Waals surface area (Å²) in [5.41, 5.74) is 4.27. The number of nitrogens with one attached hydrogen (secondary N) is 2. The normalized spacial score (nSPS) is 10.7. The Hall–Kier alpha value is -4.78. The largest absolute Gasteiger partial charge is 0.473 e. The van der Waals surface area contributed by atoms with E-state index in [1.54, 1.807) is 42.6 Å². The highest BCUT2D eigenvalue weighted by atomic mass is 16.5. The minimum Gasteiger partial charge on any atom is -0.473 e. The van der Waals surface area contributed by atoms with Gasteiger partial charge in [0.15, 0.2) is 5.82 Å². The summed E-state index contributed by atoms with van der Waals surface area (Å²) in [4.78, 5) is 35.8. The van der Waals surface area contributed by atoms with Crippen LogP contribution in [0.3, 0.4) is 0 Å². The van der Waals surface area contributed by atoms with Crippen LogP contribution >= 0.6 is 0 Å². The maximum Gasteiger partial charge on any atom is 0.287 e. The lowest BCUT2D eigenvalue weighted by atomic mass is 10.0. The van der Waals surface area contributed by atoms with Gasteiger partial charge in [-0.15, -0.1) is 0 Å². The lowest BCUT2D eigenvalue weighted by Gasteiger charge is -2.09. The number of carbonyl (C=O) groups is 1. The standard InChI is InChI=1S/C28H22N4O3/c33-27-23-8-4-5-9-24(23)31-26(32-27)28(34)30-17-20-14-15-29-25(16-20)35-18-19-10-12-22(13-11-19)21-6-2-1-3-7-21/h1-16H,17-18H2,(H,30,34)(H,31,32,33). The molecule has 0 atom stereocenters. The number of fused-ring (bicyclic) bond motifs is 1. The Morgan fingerprint density at radius 2 is 1.60 bits per heavy atom. The maximum atomic E-state index is 12.5. The molecule has 0 saturated carbocycles. The second kappa shape index (κ2) is 10.0. The van der Waals surface area contributed by atoms with E-state index in [2.05, 4.69) is 44.5 Å². The first kappa shape index (κ1) is 22.0. The average Bonchev–Trinajstić information content (AvgIpc) is 2.91. The Balaban J connectivity index is 1.19. The van der Waals surface area contributed by atoms with Gasteiger partial charge < -0.3 is 15.0 Å². The highest BCUT2D eigenvalue weighted by Crippen LogP contribution is 2.20. The number of rotatable bonds is 7. The lowest BCUT2D eigenvalue weighted by molar-refractivity contribution is 0.0940. The first-order valence-electron chi connectivity index (χ1n) is 11.1. The average molecular weight is 463 g/mol. The molecule has 2 aromatic heterocycles. The van der Waals surface area contributed by atoms with Gasteiger partial charge in [0.05, 0.1) is 10.9 Å². The molecule has 172 valence electrons. The van der Waals surface area contributed by atoms with E-state index in [4.69, 9.17) is 4.74 Å². The molecule has 0 aliphatic heterocycles. The molecule has 0 fully saturated rings. The number of benzene rings is 3. The number of pyridine rings is 1. The number of hydrogen-bond donors (Lipinski definition) is 2. The van der Waals surface area contributed by atoms with E-state index in [-0.39, 0.29) is 17.9 Å². The predicted molar refractivity (Wildman–Crippen MR) is 134 cm³/mol. The van der Waals surface area contributed by atoms with Gasteiger partial charge in [-0.05, 0) is 40.5 Å². The van der Waals surface area contributed by atoms with Crippen LogP contribution in [-0.4, -0.2) is 20.9 Å². The highest BCUT2D eigenvalue weighted by Gasteiger charge is 2.11. The second-order valence-electron chi connectivity index (χ2n) is 7.97. The molecule has 7 nitrogen and oxygen atoms in total. The number of ether oxygens (including phenoxy) is 1. The molecular weight excluding hydrogens is 440 g/mol. The minimum absolute atomic E-state index is 0.0295. The molecule has 0 spiro atoms. The van der Waals surface area contributed by atoms with Crippen LogP contribution < -0.4 is 15.6 Å². The van der Waals surface area contributed by atoms with Gasteiger partial charge >= 0.3 is 0 Å². The molecule has 0 unspecified atom stereocenters. The fourth-order valence-corrected chi connectivity index (χ4v) is 3.68. The minimum atomic E-state index is -0.467. The molecule has 0 aliphatic carbocycles. The van der Waals surface area contributed by atoms with E-state index in [9.17, 15) is 9.59 Å². The van der Waals surface area contributed by atoms with Crippen molar-refractivity contribution >= 4 is 16.8 Å². The quantitative estimate of drug-likeness (QED) is 0.371. The van der Waals surface area contributed by atoms with E-state index in [1.807, 2.05) is 30.3 Å². The molecule has 0 aliphatic rings. The number of H-pyrrole nitrogens is 1. The third-order valence-electron chi connectivity index (χ3n) is 5.53. The summed E-state index contributed by atoms with van der Waals surface area (Å²) in [6.07, 6.45) is 1.63. The third-order valence-corrected chi connectivity index (χ3v) is 5.53. The van der Waals surface area contributed by atoms with Gasteiger partial charge in [-0.1, -0.05) is 66.7 Å². The van der Waals surface area contributed by atoms with Crippen molar-refractivity contribution in [2.45, 2.75) is 13.2 Å². The van der Waals surface area contributed by atoms with Gasteiger partial charge in [-0.2, -0.15) is 0 Å². The summed E-state index contributed by atoms with van der Waals surface area (Å²) in [6, 6.07) is 28.8. The van der Waals surface area contributed by atoms with Gasteiger partial charge in [-0.3, -0.25) is 9.59 Å². The highest BCUT2D eigenvalue weighted by molar-refractivity contribution is 5.92. The van der Waals surface area contributed by atoms with E-state index in [1.165, 1.54) is 5.56 Å². The van der Waals surface area contributed by atoms with Gasteiger partial charge in [-0.25, -0.2) is 9.97 Å². The molecule has 35 heavy (non-hydrogen) atoms. The SMILES string of the molecule is O=C(NCc1ccnc(OCc2ccc(-c3ccccc3)cc2)c1)c1nc2ccccc2c(=O)[nH]1. The number of para-hydroxylation sites is 1. The molecule has 0 radical (unpaired) electrons. The van der Waals surface area contributed by atoms with Gasteiger partial charge in [0.1, 0.15) is 6.61 Å². The van der Waals surface area contributed by atoms with Crippen molar-refractivity contribution in [2.24, 2.45) is 0 Å². The molecule has 7 heteroatoms. The van der Waals surface area contributed by atoms with Crippen molar-refractivity contribution < 1.29 is 9.53 Å². The Morgan fingerprint density at radius 1 is 0.857 bits per heavy atom. The molecule has 1 amide bonds. The van der Waals surface area contributed by atoms with Crippen LogP contribution in [0.4, 0.5) is 0 Å². The molecule has 2 heterocycles. The van der Waals surface area contributed by atoms with E-state index in [0.717, 1.165) is 16.7 Å². The Labute approximate surface area is 201 Å².